The summed E-state index contributed by atoms with van der Waals surface area (Å²) >= 11 is 0. The maximum Gasteiger partial charge on any atom is 1.00 e. The number of carbonyl (C=O) groups excluding carboxylic acids is 2. The van der Waals surface area contributed by atoms with E-state index in [4.69, 9.17) is 0 Å². The van der Waals surface area contributed by atoms with Crippen molar-refractivity contribution in [1.82, 2.24) is 0 Å². The number of halogens is 7. The van der Waals surface area contributed by atoms with Crippen LogP contribution in [0.25, 0.3) is 0 Å². The van der Waals surface area contributed by atoms with Crippen LogP contribution in [-0.2, 0) is 32.0 Å². The van der Waals surface area contributed by atoms with Gasteiger partial charge >= 0.3 is 40.4 Å². The van der Waals surface area contributed by atoms with Crippen molar-refractivity contribution in [2.45, 2.75) is 45.2 Å². The molecule has 2 nitrogen and oxygen atoms in total. The first-order valence-electron chi connectivity index (χ1n) is 4.94. The third kappa shape index (κ3) is 4.29. The Labute approximate surface area is 125 Å². The molecule has 122 valence electrons. The van der Waals surface area contributed by atoms with Gasteiger partial charge in [0.25, 0.3) is 0 Å². The van der Waals surface area contributed by atoms with E-state index in [0.717, 1.165) is 0 Å². The van der Waals surface area contributed by atoms with Crippen molar-refractivity contribution in [2.24, 2.45) is 5.41 Å². The van der Waals surface area contributed by atoms with Gasteiger partial charge in [0.05, 0.1) is 6.42 Å². The third-order valence-corrected chi connectivity index (χ3v) is 2.26. The van der Waals surface area contributed by atoms with E-state index < -0.39 is 41.4 Å². The van der Waals surface area contributed by atoms with Gasteiger partial charge in [-0.05, 0) is 0 Å². The van der Waals surface area contributed by atoms with Crippen molar-refractivity contribution in [3.63, 3.8) is 0 Å². The van der Waals surface area contributed by atoms with Crippen LogP contribution in [0.1, 0.15) is 27.2 Å². The first-order valence-corrected chi connectivity index (χ1v) is 4.94. The van der Waals surface area contributed by atoms with Crippen LogP contribution < -0.4 is 0 Å². The van der Waals surface area contributed by atoms with Crippen LogP contribution >= 0.6 is 0 Å². The number of hydrogen-bond donors (Lipinski definition) is 0. The summed E-state index contributed by atoms with van der Waals surface area (Å²) in [5.74, 6) is -16.4. The zero-order valence-electron chi connectivity index (χ0n) is 10.5. The average Bonchev–Trinajstić information content (AvgIpc) is 2.13. The maximum atomic E-state index is 12.9. The van der Waals surface area contributed by atoms with E-state index in [1.807, 2.05) is 0 Å². The number of alkyl halides is 7. The smallest absolute Gasteiger partial charge is 0.299 e. The molecule has 0 saturated heterocycles. The normalized spacial score (nSPS) is 13.7. The first-order chi connectivity index (χ1) is 8.05. The third-order valence-electron chi connectivity index (χ3n) is 2.26. The van der Waals surface area contributed by atoms with Crippen molar-refractivity contribution in [3.8, 4) is 0 Å². The van der Waals surface area contributed by atoms with Gasteiger partial charge in [0, 0.05) is 5.41 Å². The van der Waals surface area contributed by atoms with Gasteiger partial charge in [-0.1, -0.05) is 20.8 Å². The molecule has 20 heavy (non-hydrogen) atoms. The summed E-state index contributed by atoms with van der Waals surface area (Å²) in [6.07, 6.45) is -8.28. The second-order valence-corrected chi connectivity index (χ2v) is 4.92. The summed E-state index contributed by atoms with van der Waals surface area (Å²) in [7, 11) is 0. The Kier molecular flexibility index (Phi) is 6.73. The summed E-state index contributed by atoms with van der Waals surface area (Å²) in [6.45, 7) is 3.63. The number of carbonyl (C=O) groups is 2. The standard InChI is InChI=1S/C10H11F7O2.Ag/c1-7(2,3)5(18)4-6(19)8(11,12)9(13,14)10(15,16)17;/h4H2,1-3H3;/q;+1. The monoisotopic (exact) mass is 403 g/mol. The molecule has 0 radical (unpaired) electrons. The molecule has 0 aromatic rings. The van der Waals surface area contributed by atoms with E-state index in [-0.39, 0.29) is 22.4 Å². The Morgan fingerprint density at radius 3 is 1.40 bits per heavy atom. The van der Waals surface area contributed by atoms with Gasteiger partial charge in [-0.2, -0.15) is 30.7 Å². The van der Waals surface area contributed by atoms with Gasteiger partial charge in [0.15, 0.2) is 0 Å². The van der Waals surface area contributed by atoms with Crippen molar-refractivity contribution in [1.29, 1.82) is 0 Å². The first kappa shape index (κ1) is 21.9. The van der Waals surface area contributed by atoms with Crippen LogP contribution in [0, 0.1) is 5.41 Å². The van der Waals surface area contributed by atoms with E-state index in [1.165, 1.54) is 20.8 Å². The maximum absolute atomic E-state index is 12.9. The molecule has 0 N–H and O–H groups in total. The van der Waals surface area contributed by atoms with E-state index in [2.05, 4.69) is 0 Å². The van der Waals surface area contributed by atoms with Crippen LogP contribution in [0.5, 0.6) is 0 Å². The minimum Gasteiger partial charge on any atom is -0.299 e. The molecule has 0 aliphatic rings. The van der Waals surface area contributed by atoms with Gasteiger partial charge in [-0.25, -0.2) is 0 Å². The van der Waals surface area contributed by atoms with Crippen LogP contribution in [0.2, 0.25) is 0 Å². The molecule has 0 unspecified atom stereocenters. The molecule has 0 aromatic carbocycles. The van der Waals surface area contributed by atoms with Crippen LogP contribution in [-0.4, -0.2) is 29.6 Å². The van der Waals surface area contributed by atoms with E-state index in [9.17, 15) is 40.3 Å². The summed E-state index contributed by atoms with van der Waals surface area (Å²) in [4.78, 5) is 22.1. The summed E-state index contributed by atoms with van der Waals surface area (Å²) < 4.78 is 86.1. The predicted molar refractivity (Wildman–Crippen MR) is 50.0 cm³/mol. The van der Waals surface area contributed by atoms with Gasteiger partial charge in [-0.15, -0.1) is 0 Å². The van der Waals surface area contributed by atoms with Crippen LogP contribution in [0.3, 0.4) is 0 Å². The molecule has 10 heteroatoms. The number of rotatable bonds is 4. The van der Waals surface area contributed by atoms with Crippen molar-refractivity contribution >= 4 is 11.6 Å². The Bertz CT molecular complexity index is 382. The Morgan fingerprint density at radius 2 is 1.15 bits per heavy atom. The molecule has 0 aliphatic heterocycles. The van der Waals surface area contributed by atoms with Crippen molar-refractivity contribution < 1.29 is 62.7 Å². The molecular formula is C10H11AgF7O2+. The van der Waals surface area contributed by atoms with E-state index in [1.54, 1.807) is 0 Å². The fourth-order valence-corrected chi connectivity index (χ4v) is 0.875. The van der Waals surface area contributed by atoms with Gasteiger partial charge in [0.1, 0.15) is 5.78 Å². The van der Waals surface area contributed by atoms with Crippen LogP contribution in [0.15, 0.2) is 0 Å². The molecule has 0 rings (SSSR count). The summed E-state index contributed by atoms with van der Waals surface area (Å²) in [6, 6.07) is 0. The van der Waals surface area contributed by atoms with Crippen LogP contribution in [0.4, 0.5) is 30.7 Å². The van der Waals surface area contributed by atoms with Gasteiger partial charge in [-0.3, -0.25) is 9.59 Å². The largest absolute Gasteiger partial charge is 1.00 e. The summed E-state index contributed by atoms with van der Waals surface area (Å²) in [5.41, 5.74) is -1.31. The minimum absolute atomic E-state index is 0. The number of ketones is 2. The topological polar surface area (TPSA) is 34.1 Å². The Balaban J connectivity index is 0. The summed E-state index contributed by atoms with van der Waals surface area (Å²) in [5, 5.41) is 0. The van der Waals surface area contributed by atoms with Crippen molar-refractivity contribution in [2.75, 3.05) is 0 Å². The van der Waals surface area contributed by atoms with Crippen molar-refractivity contribution in [3.05, 3.63) is 0 Å². The molecular weight excluding hydrogens is 393 g/mol. The quantitative estimate of drug-likeness (QED) is 0.409. The SMILES string of the molecule is CC(C)(C)C(=O)CC(=O)C(F)(F)C(F)(F)C(F)(F)F.[Ag+]. The molecule has 0 aliphatic carbocycles. The molecule has 0 amide bonds. The molecule has 0 fully saturated rings. The zero-order chi connectivity index (χ0) is 15.9. The second-order valence-electron chi connectivity index (χ2n) is 4.92. The average molecular weight is 404 g/mol. The predicted octanol–water partition coefficient (Wildman–Crippen LogP) is 3.39. The fourth-order valence-electron chi connectivity index (χ4n) is 0.875. The minimum atomic E-state index is -6.59. The second kappa shape index (κ2) is 6.15. The molecule has 0 aromatic heterocycles. The molecule has 0 atom stereocenters. The molecule has 0 bridgehead atoms. The van der Waals surface area contributed by atoms with Gasteiger partial charge < -0.3 is 0 Å². The Hall–Kier alpha value is -0.410. The number of hydrogen-bond acceptors (Lipinski definition) is 2. The molecule has 0 heterocycles. The molecule has 0 spiro atoms. The zero-order valence-corrected chi connectivity index (χ0v) is 12.0. The van der Waals surface area contributed by atoms with E-state index in [0.29, 0.717) is 0 Å². The Morgan fingerprint density at radius 1 is 0.800 bits per heavy atom. The van der Waals surface area contributed by atoms with Gasteiger partial charge in [0.2, 0.25) is 5.78 Å². The number of Topliss-reactive ketones (excluding diaryl/α,β-unsaturated/α-hetero) is 2. The van der Waals surface area contributed by atoms with E-state index >= 15 is 0 Å². The molecule has 0 saturated carbocycles. The fraction of sp³-hybridized carbons (Fsp3) is 0.800.